The number of carbonyl (C=O) groups is 4. The maximum Gasteiger partial charge on any atom is 0.337 e. The van der Waals surface area contributed by atoms with E-state index in [0.29, 0.717) is 22.7 Å². The summed E-state index contributed by atoms with van der Waals surface area (Å²) >= 11 is 0. The molecule has 0 aliphatic carbocycles. The first kappa shape index (κ1) is 25.5. The molecule has 1 unspecified atom stereocenters. The first-order valence-electron chi connectivity index (χ1n) is 11.0. The summed E-state index contributed by atoms with van der Waals surface area (Å²) in [6, 6.07) is 11.2. The number of carbonyl (C=O) groups excluding carboxylic acids is 4. The van der Waals surface area contributed by atoms with Crippen molar-refractivity contribution in [3.05, 3.63) is 64.9 Å². The molecule has 1 atom stereocenters. The van der Waals surface area contributed by atoms with Crippen LogP contribution in [-0.2, 0) is 23.9 Å². The molecule has 1 amide bonds. The second-order valence-electron chi connectivity index (χ2n) is 7.74. The quantitative estimate of drug-likeness (QED) is 0.434. The Labute approximate surface area is 203 Å². The van der Waals surface area contributed by atoms with Gasteiger partial charge in [0, 0.05) is 36.2 Å². The second kappa shape index (κ2) is 10.9. The molecule has 0 saturated carbocycles. The topological polar surface area (TPSA) is 108 Å². The number of ether oxygens (including phenoxy) is 4. The van der Waals surface area contributed by atoms with Gasteiger partial charge in [0.1, 0.15) is 11.5 Å². The van der Waals surface area contributed by atoms with Crippen LogP contribution in [0.4, 0.5) is 5.69 Å². The van der Waals surface area contributed by atoms with E-state index in [4.69, 9.17) is 18.9 Å². The number of hydrogen-bond acceptors (Lipinski definition) is 8. The number of esters is 3. The van der Waals surface area contributed by atoms with Crippen LogP contribution < -0.4 is 14.4 Å². The van der Waals surface area contributed by atoms with Gasteiger partial charge in [0.2, 0.25) is 5.91 Å². The molecule has 0 saturated heterocycles. The molecule has 0 aromatic heterocycles. The van der Waals surface area contributed by atoms with Crippen LogP contribution in [0.2, 0.25) is 0 Å². The Hall–Kier alpha value is -4.14. The van der Waals surface area contributed by atoms with E-state index in [1.54, 1.807) is 50.2 Å². The monoisotopic (exact) mass is 481 g/mol. The summed E-state index contributed by atoms with van der Waals surface area (Å²) < 4.78 is 20.8. The molecule has 0 spiro atoms. The molecule has 2 aromatic rings. The fourth-order valence-corrected chi connectivity index (χ4v) is 4.09. The van der Waals surface area contributed by atoms with Crippen molar-refractivity contribution < 1.29 is 38.1 Å². The number of hydrogen-bond donors (Lipinski definition) is 0. The fraction of sp³-hybridized carbons (Fsp3) is 0.308. The van der Waals surface area contributed by atoms with Crippen LogP contribution in [0.15, 0.2) is 53.7 Å². The van der Waals surface area contributed by atoms with Gasteiger partial charge >= 0.3 is 17.9 Å². The fourth-order valence-electron chi connectivity index (χ4n) is 4.09. The molecule has 9 heteroatoms. The van der Waals surface area contributed by atoms with Crippen molar-refractivity contribution >= 4 is 29.5 Å². The summed E-state index contributed by atoms with van der Waals surface area (Å²) in [7, 11) is 2.75. The minimum absolute atomic E-state index is 0.116. The molecule has 184 valence electrons. The molecule has 3 rings (SSSR count). The van der Waals surface area contributed by atoms with Crippen molar-refractivity contribution in [1.82, 2.24) is 0 Å². The molecular weight excluding hydrogens is 454 g/mol. The highest BCUT2D eigenvalue weighted by Gasteiger charge is 2.39. The van der Waals surface area contributed by atoms with Gasteiger partial charge in [0.15, 0.2) is 0 Å². The first-order valence-corrected chi connectivity index (χ1v) is 11.0. The minimum atomic E-state index is -0.758. The zero-order valence-electron chi connectivity index (χ0n) is 20.2. The van der Waals surface area contributed by atoms with Gasteiger partial charge in [-0.05, 0) is 50.2 Å². The van der Waals surface area contributed by atoms with Gasteiger partial charge in [0.05, 0.1) is 32.0 Å². The molecule has 0 bridgehead atoms. The van der Waals surface area contributed by atoms with Crippen LogP contribution in [0.5, 0.6) is 11.5 Å². The van der Waals surface area contributed by atoms with E-state index in [2.05, 4.69) is 0 Å². The summed E-state index contributed by atoms with van der Waals surface area (Å²) in [5.74, 6) is -2.09. The van der Waals surface area contributed by atoms with Crippen molar-refractivity contribution in [3.63, 3.8) is 0 Å². The van der Waals surface area contributed by atoms with Crippen LogP contribution >= 0.6 is 0 Å². The van der Waals surface area contributed by atoms with Gasteiger partial charge in [-0.15, -0.1) is 0 Å². The van der Waals surface area contributed by atoms with Crippen LogP contribution in [0.1, 0.15) is 49.0 Å². The Bertz CT molecular complexity index is 1200. The molecule has 1 aliphatic heterocycles. The predicted octanol–water partition coefficient (Wildman–Crippen LogP) is 3.76. The molecule has 0 N–H and O–H groups in total. The van der Waals surface area contributed by atoms with E-state index in [0.717, 1.165) is 0 Å². The molecule has 1 aliphatic rings. The predicted molar refractivity (Wildman–Crippen MR) is 126 cm³/mol. The zero-order valence-corrected chi connectivity index (χ0v) is 20.2. The van der Waals surface area contributed by atoms with Gasteiger partial charge < -0.3 is 18.9 Å². The summed E-state index contributed by atoms with van der Waals surface area (Å²) in [5, 5.41) is 0. The number of amides is 1. The van der Waals surface area contributed by atoms with Gasteiger partial charge in [0.25, 0.3) is 0 Å². The summed E-state index contributed by atoms with van der Waals surface area (Å²) in [6.07, 6.45) is -0.116. The lowest BCUT2D eigenvalue weighted by molar-refractivity contribution is -0.139. The minimum Gasteiger partial charge on any atom is -0.497 e. The zero-order chi connectivity index (χ0) is 25.7. The number of nitrogens with zero attached hydrogens (tertiary/aromatic N) is 1. The van der Waals surface area contributed by atoms with Crippen LogP contribution in [0.25, 0.3) is 0 Å². The third-order valence-electron chi connectivity index (χ3n) is 5.57. The number of rotatable bonds is 7. The average molecular weight is 482 g/mol. The normalized spacial score (nSPS) is 15.5. The van der Waals surface area contributed by atoms with Crippen molar-refractivity contribution in [2.24, 2.45) is 0 Å². The summed E-state index contributed by atoms with van der Waals surface area (Å²) in [4.78, 5) is 51.7. The highest BCUT2D eigenvalue weighted by Crippen LogP contribution is 2.43. The SMILES string of the molecule is CCOC(=O)C1=C(C)N(c2cccc(C(=O)OC)c2)C(=O)CC1c1cc(OC)ccc1OC(C)=O. The Morgan fingerprint density at radius 3 is 2.43 bits per heavy atom. The van der Waals surface area contributed by atoms with Crippen molar-refractivity contribution in [1.29, 1.82) is 0 Å². The van der Waals surface area contributed by atoms with E-state index < -0.39 is 23.8 Å². The van der Waals surface area contributed by atoms with E-state index in [-0.39, 0.29) is 35.8 Å². The van der Waals surface area contributed by atoms with E-state index in [1.165, 1.54) is 32.1 Å². The van der Waals surface area contributed by atoms with Crippen molar-refractivity contribution in [2.75, 3.05) is 25.7 Å². The Morgan fingerprint density at radius 1 is 1.06 bits per heavy atom. The van der Waals surface area contributed by atoms with Gasteiger partial charge in [-0.3, -0.25) is 14.5 Å². The third-order valence-corrected chi connectivity index (χ3v) is 5.57. The van der Waals surface area contributed by atoms with Gasteiger partial charge in [-0.25, -0.2) is 9.59 Å². The number of anilines is 1. The van der Waals surface area contributed by atoms with E-state index >= 15 is 0 Å². The second-order valence-corrected chi connectivity index (χ2v) is 7.74. The van der Waals surface area contributed by atoms with Crippen molar-refractivity contribution in [3.8, 4) is 11.5 Å². The highest BCUT2D eigenvalue weighted by atomic mass is 16.5. The van der Waals surface area contributed by atoms with E-state index in [9.17, 15) is 19.2 Å². The summed E-state index contributed by atoms with van der Waals surface area (Å²) in [6.45, 7) is 4.71. The maximum absolute atomic E-state index is 13.4. The van der Waals surface area contributed by atoms with Crippen LogP contribution in [-0.4, -0.2) is 44.6 Å². The summed E-state index contributed by atoms with van der Waals surface area (Å²) in [5.41, 5.74) is 1.68. The Morgan fingerprint density at radius 2 is 1.80 bits per heavy atom. The van der Waals surface area contributed by atoms with Gasteiger partial charge in [-0.1, -0.05) is 6.07 Å². The van der Waals surface area contributed by atoms with Gasteiger partial charge in [-0.2, -0.15) is 0 Å². The molecule has 9 nitrogen and oxygen atoms in total. The Kier molecular flexibility index (Phi) is 7.91. The van der Waals surface area contributed by atoms with Crippen molar-refractivity contribution in [2.45, 2.75) is 33.1 Å². The lowest BCUT2D eigenvalue weighted by Gasteiger charge is -2.35. The number of methoxy groups -OCH3 is 2. The number of benzene rings is 2. The molecule has 0 radical (unpaired) electrons. The maximum atomic E-state index is 13.4. The average Bonchev–Trinajstić information content (AvgIpc) is 2.83. The lowest BCUT2D eigenvalue weighted by atomic mass is 9.83. The number of allylic oxidation sites excluding steroid dienone is 1. The lowest BCUT2D eigenvalue weighted by Crippen LogP contribution is -2.38. The van der Waals surface area contributed by atoms with Crippen LogP contribution in [0, 0.1) is 0 Å². The molecule has 35 heavy (non-hydrogen) atoms. The largest absolute Gasteiger partial charge is 0.497 e. The Balaban J connectivity index is 2.21. The first-order chi connectivity index (χ1) is 16.7. The molecule has 1 heterocycles. The molecule has 2 aromatic carbocycles. The molecule has 0 fully saturated rings. The van der Waals surface area contributed by atoms with E-state index in [1.807, 2.05) is 0 Å². The van der Waals surface area contributed by atoms with Crippen LogP contribution in [0.3, 0.4) is 0 Å². The standard InChI is InChI=1S/C26H27NO8/c1-6-34-26(31)24-15(2)27(18-9-7-8-17(12-18)25(30)33-5)23(29)14-21(24)20-13-19(32-4)10-11-22(20)35-16(3)28/h7-13,21H,6,14H2,1-5H3. The molecular formula is C26H27NO8. The highest BCUT2D eigenvalue weighted by molar-refractivity contribution is 6.05. The smallest absolute Gasteiger partial charge is 0.337 e. The third kappa shape index (κ3) is 5.34.